The minimum atomic E-state index is -0.610. The molecule has 0 spiro atoms. The van der Waals surface area contributed by atoms with E-state index in [9.17, 15) is 5.11 Å². The normalized spacial score (nSPS) is 15.8. The summed E-state index contributed by atoms with van der Waals surface area (Å²) in [6, 6.07) is 3.82. The molecule has 0 aliphatic carbocycles. The summed E-state index contributed by atoms with van der Waals surface area (Å²) in [6.45, 7) is 5.24. The predicted molar refractivity (Wildman–Crippen MR) is 56.0 cm³/mol. The average Bonchev–Trinajstić information content (AvgIpc) is 2.55. The van der Waals surface area contributed by atoms with Gasteiger partial charge in [0.25, 0.3) is 0 Å². The highest BCUT2D eigenvalue weighted by Gasteiger charge is 2.20. The van der Waals surface area contributed by atoms with Gasteiger partial charge >= 0.3 is 0 Å². The monoisotopic (exact) mass is 197 g/mol. The Morgan fingerprint density at radius 2 is 2.29 bits per heavy atom. The molecule has 0 bridgehead atoms. The second kappa shape index (κ2) is 4.62. The SMILES string of the molecule is CCC(C)(O)CN(C)Cc1ccco1. The van der Waals surface area contributed by atoms with Gasteiger partial charge in [-0.25, -0.2) is 0 Å². The molecule has 3 heteroatoms. The maximum absolute atomic E-state index is 9.85. The first-order chi connectivity index (χ1) is 6.53. The van der Waals surface area contributed by atoms with Crippen LogP contribution in [0.3, 0.4) is 0 Å². The van der Waals surface area contributed by atoms with Crippen LogP contribution in [0.4, 0.5) is 0 Å². The highest BCUT2D eigenvalue weighted by molar-refractivity contribution is 4.97. The first-order valence-corrected chi connectivity index (χ1v) is 4.97. The summed E-state index contributed by atoms with van der Waals surface area (Å²) in [6.07, 6.45) is 2.43. The summed E-state index contributed by atoms with van der Waals surface area (Å²) in [7, 11) is 1.98. The molecule has 14 heavy (non-hydrogen) atoms. The van der Waals surface area contributed by atoms with Crippen molar-refractivity contribution in [1.29, 1.82) is 0 Å². The number of aliphatic hydroxyl groups is 1. The Morgan fingerprint density at radius 3 is 2.79 bits per heavy atom. The number of likely N-dealkylation sites (N-methyl/N-ethyl adjacent to an activating group) is 1. The van der Waals surface area contributed by atoms with Crippen molar-refractivity contribution in [2.24, 2.45) is 0 Å². The molecule has 1 unspecified atom stereocenters. The largest absolute Gasteiger partial charge is 0.468 e. The van der Waals surface area contributed by atoms with E-state index in [-0.39, 0.29) is 0 Å². The minimum absolute atomic E-state index is 0.610. The van der Waals surface area contributed by atoms with E-state index >= 15 is 0 Å². The van der Waals surface area contributed by atoms with Crippen molar-refractivity contribution < 1.29 is 9.52 Å². The smallest absolute Gasteiger partial charge is 0.117 e. The van der Waals surface area contributed by atoms with Gasteiger partial charge in [0.1, 0.15) is 5.76 Å². The molecule has 1 rings (SSSR count). The van der Waals surface area contributed by atoms with Crippen molar-refractivity contribution in [1.82, 2.24) is 4.90 Å². The number of rotatable bonds is 5. The average molecular weight is 197 g/mol. The van der Waals surface area contributed by atoms with Gasteiger partial charge < -0.3 is 9.52 Å². The van der Waals surface area contributed by atoms with Gasteiger partial charge in [0.2, 0.25) is 0 Å². The molecule has 0 aromatic carbocycles. The highest BCUT2D eigenvalue weighted by Crippen LogP contribution is 2.12. The Labute approximate surface area is 85.3 Å². The first kappa shape index (κ1) is 11.3. The predicted octanol–water partition coefficient (Wildman–Crippen LogP) is 1.87. The molecular formula is C11H19NO2. The zero-order valence-electron chi connectivity index (χ0n) is 9.16. The molecule has 0 radical (unpaired) electrons. The molecule has 1 N–H and O–H groups in total. The molecule has 1 heterocycles. The third-order valence-corrected chi connectivity index (χ3v) is 2.38. The van der Waals surface area contributed by atoms with Crippen LogP contribution in [0.25, 0.3) is 0 Å². The lowest BCUT2D eigenvalue weighted by atomic mass is 10.0. The zero-order valence-corrected chi connectivity index (χ0v) is 9.16. The molecule has 1 aromatic rings. The topological polar surface area (TPSA) is 36.6 Å². The fourth-order valence-corrected chi connectivity index (χ4v) is 1.42. The van der Waals surface area contributed by atoms with Crippen molar-refractivity contribution in [3.8, 4) is 0 Å². The highest BCUT2D eigenvalue weighted by atomic mass is 16.3. The van der Waals surface area contributed by atoms with Crippen molar-refractivity contribution in [3.63, 3.8) is 0 Å². The van der Waals surface area contributed by atoms with E-state index in [1.807, 2.05) is 33.0 Å². The van der Waals surface area contributed by atoms with Crippen molar-refractivity contribution >= 4 is 0 Å². The first-order valence-electron chi connectivity index (χ1n) is 4.97. The van der Waals surface area contributed by atoms with Crippen LogP contribution in [0.1, 0.15) is 26.0 Å². The van der Waals surface area contributed by atoms with Gasteiger partial charge in [-0.3, -0.25) is 4.90 Å². The van der Waals surface area contributed by atoms with E-state index in [1.54, 1.807) is 6.26 Å². The third kappa shape index (κ3) is 3.52. The Balaban J connectivity index is 2.40. The molecule has 0 saturated heterocycles. The summed E-state index contributed by atoms with van der Waals surface area (Å²) in [4.78, 5) is 2.06. The van der Waals surface area contributed by atoms with Crippen LogP contribution in [-0.2, 0) is 6.54 Å². The molecule has 0 fully saturated rings. The number of furan rings is 1. The van der Waals surface area contributed by atoms with E-state index in [0.29, 0.717) is 6.54 Å². The standard InChI is InChI=1S/C11H19NO2/c1-4-11(2,13)9-12(3)8-10-6-5-7-14-10/h5-7,13H,4,8-9H2,1-3H3. The number of hydrogen-bond acceptors (Lipinski definition) is 3. The van der Waals surface area contributed by atoms with E-state index in [1.165, 1.54) is 0 Å². The maximum atomic E-state index is 9.85. The van der Waals surface area contributed by atoms with Gasteiger partial charge in [-0.15, -0.1) is 0 Å². The summed E-state index contributed by atoms with van der Waals surface area (Å²) in [5.74, 6) is 0.930. The van der Waals surface area contributed by atoms with Gasteiger partial charge in [0.15, 0.2) is 0 Å². The van der Waals surface area contributed by atoms with Crippen LogP contribution in [0.5, 0.6) is 0 Å². The fraction of sp³-hybridized carbons (Fsp3) is 0.636. The van der Waals surface area contributed by atoms with Crippen molar-refractivity contribution in [2.75, 3.05) is 13.6 Å². The molecule has 3 nitrogen and oxygen atoms in total. The summed E-state index contributed by atoms with van der Waals surface area (Å²) >= 11 is 0. The van der Waals surface area contributed by atoms with Gasteiger partial charge in [-0.2, -0.15) is 0 Å². The van der Waals surface area contributed by atoms with Gasteiger partial charge in [-0.1, -0.05) is 6.92 Å². The minimum Gasteiger partial charge on any atom is -0.468 e. The molecule has 0 aliphatic heterocycles. The van der Waals surface area contributed by atoms with E-state index in [0.717, 1.165) is 18.7 Å². The van der Waals surface area contributed by atoms with Crippen LogP contribution in [-0.4, -0.2) is 29.2 Å². The van der Waals surface area contributed by atoms with Gasteiger partial charge in [0, 0.05) is 6.54 Å². The Kier molecular flexibility index (Phi) is 3.72. The Hall–Kier alpha value is -0.800. The molecule has 0 aliphatic rings. The second-order valence-corrected chi connectivity index (χ2v) is 4.10. The fourth-order valence-electron chi connectivity index (χ4n) is 1.42. The maximum Gasteiger partial charge on any atom is 0.117 e. The third-order valence-electron chi connectivity index (χ3n) is 2.38. The Morgan fingerprint density at radius 1 is 1.57 bits per heavy atom. The zero-order chi connectivity index (χ0) is 10.6. The number of hydrogen-bond donors (Lipinski definition) is 1. The van der Waals surface area contributed by atoms with E-state index in [4.69, 9.17) is 4.42 Å². The summed E-state index contributed by atoms with van der Waals surface area (Å²) in [5.41, 5.74) is -0.610. The summed E-state index contributed by atoms with van der Waals surface area (Å²) < 4.78 is 5.23. The molecule has 80 valence electrons. The van der Waals surface area contributed by atoms with Crippen LogP contribution in [0, 0.1) is 0 Å². The second-order valence-electron chi connectivity index (χ2n) is 4.10. The van der Waals surface area contributed by atoms with Crippen LogP contribution in [0.15, 0.2) is 22.8 Å². The van der Waals surface area contributed by atoms with Crippen LogP contribution >= 0.6 is 0 Å². The lowest BCUT2D eigenvalue weighted by Crippen LogP contribution is -2.37. The lowest BCUT2D eigenvalue weighted by Gasteiger charge is -2.27. The van der Waals surface area contributed by atoms with Crippen LogP contribution < -0.4 is 0 Å². The summed E-state index contributed by atoms with van der Waals surface area (Å²) in [5, 5.41) is 9.85. The van der Waals surface area contributed by atoms with Gasteiger partial charge in [-0.05, 0) is 32.5 Å². The lowest BCUT2D eigenvalue weighted by molar-refractivity contribution is 0.0203. The molecule has 1 aromatic heterocycles. The molecule has 1 atom stereocenters. The molecule has 0 saturated carbocycles. The van der Waals surface area contributed by atoms with Crippen molar-refractivity contribution in [2.45, 2.75) is 32.4 Å². The molecule has 0 amide bonds. The van der Waals surface area contributed by atoms with Crippen LogP contribution in [0.2, 0.25) is 0 Å². The van der Waals surface area contributed by atoms with E-state index in [2.05, 4.69) is 4.90 Å². The van der Waals surface area contributed by atoms with E-state index < -0.39 is 5.60 Å². The van der Waals surface area contributed by atoms with Crippen molar-refractivity contribution in [3.05, 3.63) is 24.2 Å². The Bertz CT molecular complexity index is 254. The number of nitrogens with zero attached hydrogens (tertiary/aromatic N) is 1. The molecular weight excluding hydrogens is 178 g/mol. The van der Waals surface area contributed by atoms with Gasteiger partial charge in [0.05, 0.1) is 18.4 Å². The quantitative estimate of drug-likeness (QED) is 0.783.